The number of hydrogen-bond donors (Lipinski definition) is 0. The van der Waals surface area contributed by atoms with Gasteiger partial charge < -0.3 is 9.15 Å². The van der Waals surface area contributed by atoms with Crippen molar-refractivity contribution in [2.24, 2.45) is 0 Å². The van der Waals surface area contributed by atoms with E-state index in [2.05, 4.69) is 22.2 Å². The molecule has 0 aliphatic rings. The fourth-order valence-electron chi connectivity index (χ4n) is 3.13. The standard InChI is InChI=1S/C24H17N3O2/c1-2-6-18(7-3-1)20-16-26-27(17-20)21-9-5-11-23(15-21)29-22-10-4-8-19(14-22)24-25-12-13-28-24/h1-17H. The van der Waals surface area contributed by atoms with Crippen molar-refractivity contribution < 1.29 is 9.15 Å². The number of benzene rings is 3. The van der Waals surface area contributed by atoms with Crippen LogP contribution in [0.25, 0.3) is 28.3 Å². The van der Waals surface area contributed by atoms with E-state index in [9.17, 15) is 0 Å². The van der Waals surface area contributed by atoms with Gasteiger partial charge in [-0.05, 0) is 35.9 Å². The number of oxazole rings is 1. The lowest BCUT2D eigenvalue weighted by Gasteiger charge is -2.08. The zero-order chi connectivity index (χ0) is 19.5. The summed E-state index contributed by atoms with van der Waals surface area (Å²) < 4.78 is 13.3. The van der Waals surface area contributed by atoms with Crippen molar-refractivity contribution in [3.8, 4) is 39.8 Å². The van der Waals surface area contributed by atoms with Crippen LogP contribution < -0.4 is 4.74 Å². The second kappa shape index (κ2) is 7.48. The van der Waals surface area contributed by atoms with E-state index in [1.165, 1.54) is 0 Å². The van der Waals surface area contributed by atoms with Crippen LogP contribution in [0.3, 0.4) is 0 Å². The maximum absolute atomic E-state index is 6.06. The minimum absolute atomic E-state index is 0.564. The molecule has 0 spiro atoms. The van der Waals surface area contributed by atoms with Gasteiger partial charge in [0.1, 0.15) is 17.8 Å². The van der Waals surface area contributed by atoms with Crippen molar-refractivity contribution in [2.45, 2.75) is 0 Å². The maximum atomic E-state index is 6.06. The number of rotatable bonds is 5. The molecule has 5 rings (SSSR count). The minimum atomic E-state index is 0.564. The third-order valence-corrected chi connectivity index (χ3v) is 4.52. The van der Waals surface area contributed by atoms with Crippen molar-refractivity contribution in [2.75, 3.05) is 0 Å². The molecule has 0 atom stereocenters. The molecule has 0 aliphatic heterocycles. The van der Waals surface area contributed by atoms with Gasteiger partial charge in [0.15, 0.2) is 0 Å². The minimum Gasteiger partial charge on any atom is -0.457 e. The molecule has 140 valence electrons. The van der Waals surface area contributed by atoms with Crippen LogP contribution in [0.4, 0.5) is 0 Å². The van der Waals surface area contributed by atoms with Crippen LogP contribution in [0.1, 0.15) is 0 Å². The normalized spacial score (nSPS) is 10.8. The van der Waals surface area contributed by atoms with Crippen molar-refractivity contribution in [1.29, 1.82) is 0 Å². The van der Waals surface area contributed by atoms with Gasteiger partial charge in [-0.2, -0.15) is 5.10 Å². The molecule has 0 N–H and O–H groups in total. The fourth-order valence-corrected chi connectivity index (χ4v) is 3.13. The van der Waals surface area contributed by atoms with Crippen molar-refractivity contribution >= 4 is 0 Å². The highest BCUT2D eigenvalue weighted by Gasteiger charge is 2.07. The van der Waals surface area contributed by atoms with Crippen LogP contribution in [0.2, 0.25) is 0 Å². The summed E-state index contributed by atoms with van der Waals surface area (Å²) in [6, 6.07) is 25.7. The van der Waals surface area contributed by atoms with Gasteiger partial charge in [-0.3, -0.25) is 0 Å². The highest BCUT2D eigenvalue weighted by molar-refractivity contribution is 5.62. The van der Waals surface area contributed by atoms with Crippen molar-refractivity contribution in [3.05, 3.63) is 104 Å². The van der Waals surface area contributed by atoms with Gasteiger partial charge in [0.25, 0.3) is 0 Å². The molecule has 0 aliphatic carbocycles. The van der Waals surface area contributed by atoms with Crippen molar-refractivity contribution in [3.63, 3.8) is 0 Å². The van der Waals surface area contributed by atoms with E-state index in [1.807, 2.05) is 83.8 Å². The van der Waals surface area contributed by atoms with Crippen LogP contribution in [0.5, 0.6) is 11.5 Å². The Morgan fingerprint density at radius 1 is 0.759 bits per heavy atom. The van der Waals surface area contributed by atoms with Crippen LogP contribution in [-0.2, 0) is 0 Å². The van der Waals surface area contributed by atoms with Crippen LogP contribution in [0.15, 0.2) is 108 Å². The molecular weight excluding hydrogens is 362 g/mol. The van der Waals surface area contributed by atoms with Gasteiger partial charge in [0.2, 0.25) is 5.89 Å². The molecule has 0 saturated carbocycles. The molecule has 3 aromatic carbocycles. The average molecular weight is 379 g/mol. The summed E-state index contributed by atoms with van der Waals surface area (Å²) >= 11 is 0. The van der Waals surface area contributed by atoms with E-state index in [0.29, 0.717) is 11.6 Å². The predicted molar refractivity (Wildman–Crippen MR) is 111 cm³/mol. The predicted octanol–water partition coefficient (Wildman–Crippen LogP) is 5.99. The zero-order valence-corrected chi connectivity index (χ0v) is 15.5. The molecule has 0 amide bonds. The smallest absolute Gasteiger partial charge is 0.225 e. The molecule has 0 fully saturated rings. The first kappa shape index (κ1) is 17.0. The van der Waals surface area contributed by atoms with E-state index < -0.39 is 0 Å². The van der Waals surface area contributed by atoms with Gasteiger partial charge in [0.05, 0.1) is 18.1 Å². The fraction of sp³-hybridized carbons (Fsp3) is 0. The van der Waals surface area contributed by atoms with Crippen LogP contribution in [0, 0.1) is 0 Å². The molecule has 2 heterocycles. The Morgan fingerprint density at radius 3 is 2.38 bits per heavy atom. The lowest BCUT2D eigenvalue weighted by molar-refractivity contribution is 0.482. The topological polar surface area (TPSA) is 53.1 Å². The second-order valence-electron chi connectivity index (χ2n) is 6.50. The molecule has 29 heavy (non-hydrogen) atoms. The van der Waals surface area contributed by atoms with E-state index in [1.54, 1.807) is 12.5 Å². The molecule has 0 unspecified atom stereocenters. The average Bonchev–Trinajstić information content (AvgIpc) is 3.47. The summed E-state index contributed by atoms with van der Waals surface area (Å²) in [7, 11) is 0. The molecule has 0 bridgehead atoms. The van der Waals surface area contributed by atoms with Gasteiger partial charge in [0, 0.05) is 23.4 Å². The van der Waals surface area contributed by atoms with Crippen LogP contribution >= 0.6 is 0 Å². The Bertz CT molecular complexity index is 1230. The van der Waals surface area contributed by atoms with Crippen LogP contribution in [-0.4, -0.2) is 14.8 Å². The van der Waals surface area contributed by atoms with Gasteiger partial charge in [-0.25, -0.2) is 9.67 Å². The Labute approximate surface area is 167 Å². The van der Waals surface area contributed by atoms with E-state index in [0.717, 1.165) is 28.1 Å². The summed E-state index contributed by atoms with van der Waals surface area (Å²) in [5.74, 6) is 2.00. The first-order valence-corrected chi connectivity index (χ1v) is 9.23. The molecule has 2 aromatic heterocycles. The lowest BCUT2D eigenvalue weighted by atomic mass is 10.1. The van der Waals surface area contributed by atoms with E-state index in [-0.39, 0.29) is 0 Å². The number of ether oxygens (including phenoxy) is 1. The molecule has 0 radical (unpaired) electrons. The summed E-state index contributed by atoms with van der Waals surface area (Å²) in [5.41, 5.74) is 3.99. The zero-order valence-electron chi connectivity index (χ0n) is 15.5. The molecule has 5 nitrogen and oxygen atoms in total. The summed E-state index contributed by atoms with van der Waals surface area (Å²) in [4.78, 5) is 4.18. The van der Waals surface area contributed by atoms with Crippen molar-refractivity contribution in [1.82, 2.24) is 14.8 Å². The maximum Gasteiger partial charge on any atom is 0.225 e. The monoisotopic (exact) mass is 379 g/mol. The quantitative estimate of drug-likeness (QED) is 0.376. The summed E-state index contributed by atoms with van der Waals surface area (Å²) in [6.07, 6.45) is 7.06. The Balaban J connectivity index is 1.40. The molecule has 0 saturated heterocycles. The first-order valence-electron chi connectivity index (χ1n) is 9.23. The summed E-state index contributed by atoms with van der Waals surface area (Å²) in [5, 5.41) is 4.50. The number of aromatic nitrogens is 3. The highest BCUT2D eigenvalue weighted by Crippen LogP contribution is 2.28. The third kappa shape index (κ3) is 3.66. The number of hydrogen-bond acceptors (Lipinski definition) is 4. The van der Waals surface area contributed by atoms with E-state index >= 15 is 0 Å². The Hall–Kier alpha value is -4.12. The van der Waals surface area contributed by atoms with Gasteiger partial charge >= 0.3 is 0 Å². The Kier molecular flexibility index (Phi) is 4.39. The lowest BCUT2D eigenvalue weighted by Crippen LogP contribution is -1.94. The molecular formula is C24H17N3O2. The second-order valence-corrected chi connectivity index (χ2v) is 6.50. The molecule has 5 heteroatoms. The SMILES string of the molecule is c1ccc(-c2cnn(-c3cccc(Oc4cccc(-c5ncco5)c4)c3)c2)cc1. The molecule has 5 aromatic rings. The van der Waals surface area contributed by atoms with Gasteiger partial charge in [-0.1, -0.05) is 42.5 Å². The Morgan fingerprint density at radius 2 is 1.55 bits per heavy atom. The summed E-state index contributed by atoms with van der Waals surface area (Å²) in [6.45, 7) is 0. The highest BCUT2D eigenvalue weighted by atomic mass is 16.5. The third-order valence-electron chi connectivity index (χ3n) is 4.52. The van der Waals surface area contributed by atoms with Gasteiger partial charge in [-0.15, -0.1) is 0 Å². The largest absolute Gasteiger partial charge is 0.457 e. The van der Waals surface area contributed by atoms with E-state index in [4.69, 9.17) is 9.15 Å². The first-order chi connectivity index (χ1) is 14.3. The number of nitrogens with zero attached hydrogens (tertiary/aromatic N) is 3.